The molecular formula is C18H20ClNO2. The minimum Gasteiger partial charge on any atom is -0.494 e. The Morgan fingerprint density at radius 1 is 1.23 bits per heavy atom. The number of amides is 1. The minimum atomic E-state index is -0.103. The Morgan fingerprint density at radius 3 is 2.50 bits per heavy atom. The largest absolute Gasteiger partial charge is 0.494 e. The zero-order valence-corrected chi connectivity index (χ0v) is 13.8. The molecule has 0 aliphatic carbocycles. The van der Waals surface area contributed by atoms with Crippen molar-refractivity contribution in [3.05, 3.63) is 64.2 Å². The summed E-state index contributed by atoms with van der Waals surface area (Å²) < 4.78 is 5.49. The fourth-order valence-corrected chi connectivity index (χ4v) is 2.35. The predicted molar refractivity (Wildman–Crippen MR) is 89.7 cm³/mol. The van der Waals surface area contributed by atoms with Gasteiger partial charge in [0.05, 0.1) is 12.6 Å². The van der Waals surface area contributed by atoms with E-state index in [0.29, 0.717) is 17.2 Å². The quantitative estimate of drug-likeness (QED) is 0.879. The first-order valence-corrected chi connectivity index (χ1v) is 7.69. The van der Waals surface area contributed by atoms with Gasteiger partial charge in [0.1, 0.15) is 5.75 Å². The number of hydrogen-bond donors (Lipinski definition) is 1. The van der Waals surface area contributed by atoms with Gasteiger partial charge in [-0.15, -0.1) is 0 Å². The van der Waals surface area contributed by atoms with E-state index in [1.54, 1.807) is 6.07 Å². The third-order valence-corrected chi connectivity index (χ3v) is 3.71. The molecule has 3 nitrogen and oxygen atoms in total. The molecule has 1 amide bonds. The standard InChI is InChI=1S/C18H20ClNO2/c1-4-22-17-10-7-15(11-12(17)2)18(21)20-13(3)14-5-8-16(19)9-6-14/h5-11,13H,4H2,1-3H3,(H,20,21)/t13-/m1/s1. The van der Waals surface area contributed by atoms with Gasteiger partial charge in [-0.05, 0) is 62.2 Å². The Bertz CT molecular complexity index is 653. The molecule has 0 spiro atoms. The highest BCUT2D eigenvalue weighted by atomic mass is 35.5. The lowest BCUT2D eigenvalue weighted by Gasteiger charge is -2.15. The molecular weight excluding hydrogens is 298 g/mol. The number of ether oxygens (including phenoxy) is 1. The summed E-state index contributed by atoms with van der Waals surface area (Å²) in [6.45, 7) is 6.43. The van der Waals surface area contributed by atoms with Gasteiger partial charge in [-0.2, -0.15) is 0 Å². The lowest BCUT2D eigenvalue weighted by molar-refractivity contribution is 0.0940. The maximum atomic E-state index is 12.3. The van der Waals surface area contributed by atoms with Gasteiger partial charge in [0.25, 0.3) is 5.91 Å². The summed E-state index contributed by atoms with van der Waals surface area (Å²) in [6, 6.07) is 12.8. The van der Waals surface area contributed by atoms with Crippen LogP contribution in [0.15, 0.2) is 42.5 Å². The molecule has 1 atom stereocenters. The normalized spacial score (nSPS) is 11.8. The van der Waals surface area contributed by atoms with Crippen molar-refractivity contribution in [1.29, 1.82) is 0 Å². The lowest BCUT2D eigenvalue weighted by atomic mass is 10.1. The van der Waals surface area contributed by atoms with E-state index in [-0.39, 0.29) is 11.9 Å². The van der Waals surface area contributed by atoms with E-state index in [1.807, 2.05) is 57.2 Å². The molecule has 2 aromatic rings. The number of carbonyl (C=O) groups is 1. The second kappa shape index (κ2) is 7.32. The Labute approximate surface area is 136 Å². The SMILES string of the molecule is CCOc1ccc(C(=O)N[C@H](C)c2ccc(Cl)cc2)cc1C. The van der Waals surface area contributed by atoms with Crippen LogP contribution < -0.4 is 10.1 Å². The van der Waals surface area contributed by atoms with Crippen LogP contribution in [0, 0.1) is 6.92 Å². The highest BCUT2D eigenvalue weighted by Gasteiger charge is 2.12. The van der Waals surface area contributed by atoms with Gasteiger partial charge in [-0.3, -0.25) is 4.79 Å². The number of halogens is 1. The molecule has 0 aromatic heterocycles. The van der Waals surface area contributed by atoms with E-state index >= 15 is 0 Å². The summed E-state index contributed by atoms with van der Waals surface area (Å²) in [5, 5.41) is 3.67. The average Bonchev–Trinajstić information content (AvgIpc) is 2.50. The first-order valence-electron chi connectivity index (χ1n) is 7.31. The van der Waals surface area contributed by atoms with Crippen LogP contribution in [-0.4, -0.2) is 12.5 Å². The van der Waals surface area contributed by atoms with Gasteiger partial charge in [0.15, 0.2) is 0 Å². The molecule has 4 heteroatoms. The molecule has 2 aromatic carbocycles. The summed E-state index contributed by atoms with van der Waals surface area (Å²) in [5.74, 6) is 0.707. The molecule has 116 valence electrons. The minimum absolute atomic E-state index is 0.0864. The van der Waals surface area contributed by atoms with Crippen LogP contribution in [0.1, 0.15) is 41.4 Å². The third kappa shape index (κ3) is 4.01. The molecule has 0 saturated carbocycles. The third-order valence-electron chi connectivity index (χ3n) is 3.45. The van der Waals surface area contributed by atoms with E-state index in [1.165, 1.54) is 0 Å². The van der Waals surface area contributed by atoms with Crippen LogP contribution in [0.2, 0.25) is 5.02 Å². The second-order valence-electron chi connectivity index (χ2n) is 5.16. The van der Waals surface area contributed by atoms with Gasteiger partial charge in [-0.25, -0.2) is 0 Å². The van der Waals surface area contributed by atoms with Crippen molar-refractivity contribution >= 4 is 17.5 Å². The van der Waals surface area contributed by atoms with E-state index in [4.69, 9.17) is 16.3 Å². The van der Waals surface area contributed by atoms with Crippen LogP contribution >= 0.6 is 11.6 Å². The van der Waals surface area contributed by atoms with Gasteiger partial charge >= 0.3 is 0 Å². The van der Waals surface area contributed by atoms with Crippen LogP contribution in [0.4, 0.5) is 0 Å². The summed E-state index contributed by atoms with van der Waals surface area (Å²) in [5.41, 5.74) is 2.59. The van der Waals surface area contributed by atoms with Crippen LogP contribution in [-0.2, 0) is 0 Å². The lowest BCUT2D eigenvalue weighted by Crippen LogP contribution is -2.26. The van der Waals surface area contributed by atoms with Crippen molar-refractivity contribution in [3.63, 3.8) is 0 Å². The maximum Gasteiger partial charge on any atom is 0.251 e. The molecule has 0 radical (unpaired) electrons. The molecule has 22 heavy (non-hydrogen) atoms. The molecule has 0 saturated heterocycles. The van der Waals surface area contributed by atoms with Crippen LogP contribution in [0.3, 0.4) is 0 Å². The van der Waals surface area contributed by atoms with E-state index in [9.17, 15) is 4.79 Å². The summed E-state index contributed by atoms with van der Waals surface area (Å²) >= 11 is 5.88. The van der Waals surface area contributed by atoms with E-state index in [0.717, 1.165) is 16.9 Å². The number of benzene rings is 2. The smallest absolute Gasteiger partial charge is 0.251 e. The summed E-state index contributed by atoms with van der Waals surface area (Å²) in [4.78, 5) is 12.3. The van der Waals surface area contributed by atoms with Gasteiger partial charge in [-0.1, -0.05) is 23.7 Å². The van der Waals surface area contributed by atoms with Crippen molar-refractivity contribution in [2.75, 3.05) is 6.61 Å². The molecule has 2 rings (SSSR count). The van der Waals surface area contributed by atoms with E-state index in [2.05, 4.69) is 5.32 Å². The van der Waals surface area contributed by atoms with Crippen molar-refractivity contribution in [3.8, 4) is 5.75 Å². The van der Waals surface area contributed by atoms with Gasteiger partial charge < -0.3 is 10.1 Å². The first-order chi connectivity index (χ1) is 10.5. The Balaban J connectivity index is 2.08. The Hall–Kier alpha value is -2.00. The molecule has 1 N–H and O–H groups in total. The van der Waals surface area contributed by atoms with Crippen molar-refractivity contribution in [1.82, 2.24) is 5.32 Å². The zero-order chi connectivity index (χ0) is 16.1. The van der Waals surface area contributed by atoms with Crippen molar-refractivity contribution < 1.29 is 9.53 Å². The Morgan fingerprint density at radius 2 is 1.91 bits per heavy atom. The number of carbonyl (C=O) groups excluding carboxylic acids is 1. The fourth-order valence-electron chi connectivity index (χ4n) is 2.22. The highest BCUT2D eigenvalue weighted by molar-refractivity contribution is 6.30. The van der Waals surface area contributed by atoms with Crippen LogP contribution in [0.5, 0.6) is 5.75 Å². The van der Waals surface area contributed by atoms with Crippen molar-refractivity contribution in [2.45, 2.75) is 26.8 Å². The van der Waals surface area contributed by atoms with E-state index < -0.39 is 0 Å². The maximum absolute atomic E-state index is 12.3. The topological polar surface area (TPSA) is 38.3 Å². The second-order valence-corrected chi connectivity index (χ2v) is 5.60. The summed E-state index contributed by atoms with van der Waals surface area (Å²) in [6.07, 6.45) is 0. The van der Waals surface area contributed by atoms with Crippen LogP contribution in [0.25, 0.3) is 0 Å². The van der Waals surface area contributed by atoms with Gasteiger partial charge in [0.2, 0.25) is 0 Å². The van der Waals surface area contributed by atoms with Crippen molar-refractivity contribution in [2.24, 2.45) is 0 Å². The molecule has 0 aliphatic rings. The predicted octanol–water partition coefficient (Wildman–Crippen LogP) is 4.54. The molecule has 0 heterocycles. The number of rotatable bonds is 5. The molecule has 0 unspecified atom stereocenters. The highest BCUT2D eigenvalue weighted by Crippen LogP contribution is 2.20. The zero-order valence-electron chi connectivity index (χ0n) is 13.0. The monoisotopic (exact) mass is 317 g/mol. The fraction of sp³-hybridized carbons (Fsp3) is 0.278. The molecule has 0 bridgehead atoms. The van der Waals surface area contributed by atoms with Gasteiger partial charge in [0, 0.05) is 10.6 Å². The number of hydrogen-bond acceptors (Lipinski definition) is 2. The Kier molecular flexibility index (Phi) is 5.45. The number of aryl methyl sites for hydroxylation is 1. The average molecular weight is 318 g/mol. The first kappa shape index (κ1) is 16.4. The summed E-state index contributed by atoms with van der Waals surface area (Å²) in [7, 11) is 0. The molecule has 0 aliphatic heterocycles. The number of nitrogens with one attached hydrogen (secondary N) is 1. The molecule has 0 fully saturated rings.